The minimum Gasteiger partial charge on any atom is -0.406 e. The zero-order valence-electron chi connectivity index (χ0n) is 11.2. The lowest BCUT2D eigenvalue weighted by Crippen LogP contribution is -2.44. The van der Waals surface area contributed by atoms with Crippen molar-refractivity contribution >= 4 is 21.8 Å². The number of hydrogen-bond donors (Lipinski definition) is 0. The Hall–Kier alpha value is -1.24. The standard InChI is InChI=1S/C14H15BrF3NO2/c15-9-11-3-1-2-8-19(11)13(20)10-4-6-12(7-5-10)21-14(16,17)18/h4-7,11H,1-3,8-9H2. The van der Waals surface area contributed by atoms with E-state index < -0.39 is 6.36 Å². The summed E-state index contributed by atoms with van der Waals surface area (Å²) in [6, 6.07) is 5.19. The summed E-state index contributed by atoms with van der Waals surface area (Å²) in [4.78, 5) is 14.2. The fourth-order valence-corrected chi connectivity index (χ4v) is 3.07. The molecule has 0 saturated carbocycles. The molecule has 1 aliphatic rings. The second kappa shape index (κ2) is 6.68. The number of halogens is 4. The molecule has 1 aromatic rings. The highest BCUT2D eigenvalue weighted by atomic mass is 79.9. The van der Waals surface area contributed by atoms with Crippen LogP contribution in [0.4, 0.5) is 13.2 Å². The number of piperidine rings is 1. The maximum atomic E-state index is 12.4. The number of alkyl halides is 4. The Kier molecular flexibility index (Phi) is 5.13. The van der Waals surface area contributed by atoms with Crippen LogP contribution in [0.5, 0.6) is 5.75 Å². The van der Waals surface area contributed by atoms with Gasteiger partial charge in [-0.25, -0.2) is 0 Å². The third-order valence-corrected chi connectivity index (χ3v) is 4.15. The number of amides is 1. The van der Waals surface area contributed by atoms with Crippen LogP contribution in [-0.4, -0.2) is 35.1 Å². The van der Waals surface area contributed by atoms with Gasteiger partial charge in [0.1, 0.15) is 5.75 Å². The summed E-state index contributed by atoms with van der Waals surface area (Å²) >= 11 is 3.40. The maximum absolute atomic E-state index is 12.4. The van der Waals surface area contributed by atoms with Crippen LogP contribution in [0.3, 0.4) is 0 Å². The van der Waals surface area contributed by atoms with E-state index in [1.54, 1.807) is 4.90 Å². The molecule has 0 aliphatic carbocycles. The molecule has 0 aromatic heterocycles. The molecule has 1 atom stereocenters. The summed E-state index contributed by atoms with van der Waals surface area (Å²) < 4.78 is 40.0. The minimum absolute atomic E-state index is 0.136. The number of ether oxygens (including phenoxy) is 1. The first-order valence-electron chi connectivity index (χ1n) is 6.63. The molecule has 2 rings (SSSR count). The third-order valence-electron chi connectivity index (χ3n) is 3.40. The molecule has 21 heavy (non-hydrogen) atoms. The van der Waals surface area contributed by atoms with Gasteiger partial charge in [0.05, 0.1) is 0 Å². The van der Waals surface area contributed by atoms with Gasteiger partial charge in [0.15, 0.2) is 0 Å². The number of likely N-dealkylation sites (tertiary alicyclic amines) is 1. The van der Waals surface area contributed by atoms with Crippen molar-refractivity contribution in [1.29, 1.82) is 0 Å². The summed E-state index contributed by atoms with van der Waals surface area (Å²) in [6.07, 6.45) is -1.76. The van der Waals surface area contributed by atoms with E-state index in [1.165, 1.54) is 12.1 Å². The number of nitrogens with zero attached hydrogens (tertiary/aromatic N) is 1. The van der Waals surface area contributed by atoms with Crippen molar-refractivity contribution in [2.75, 3.05) is 11.9 Å². The highest BCUT2D eigenvalue weighted by molar-refractivity contribution is 9.09. The number of carbonyl (C=O) groups is 1. The van der Waals surface area contributed by atoms with Gasteiger partial charge in [-0.05, 0) is 43.5 Å². The number of rotatable bonds is 3. The lowest BCUT2D eigenvalue weighted by Gasteiger charge is -2.34. The molecule has 1 aliphatic heterocycles. The van der Waals surface area contributed by atoms with Crippen LogP contribution < -0.4 is 4.74 Å². The summed E-state index contributed by atoms with van der Waals surface area (Å²) in [5.41, 5.74) is 0.373. The fourth-order valence-electron chi connectivity index (χ4n) is 2.39. The lowest BCUT2D eigenvalue weighted by molar-refractivity contribution is -0.274. The van der Waals surface area contributed by atoms with Crippen LogP contribution in [0.15, 0.2) is 24.3 Å². The number of benzene rings is 1. The molecule has 3 nitrogen and oxygen atoms in total. The maximum Gasteiger partial charge on any atom is 0.573 e. The summed E-state index contributed by atoms with van der Waals surface area (Å²) in [6.45, 7) is 0.676. The van der Waals surface area contributed by atoms with E-state index in [2.05, 4.69) is 20.7 Å². The van der Waals surface area contributed by atoms with Crippen molar-refractivity contribution in [3.8, 4) is 5.75 Å². The first-order chi connectivity index (χ1) is 9.90. The van der Waals surface area contributed by atoms with Crippen LogP contribution in [0, 0.1) is 0 Å². The number of carbonyl (C=O) groups excluding carboxylic acids is 1. The van der Waals surface area contributed by atoms with Crippen molar-refractivity contribution in [1.82, 2.24) is 4.90 Å². The molecule has 116 valence electrons. The zero-order valence-corrected chi connectivity index (χ0v) is 12.8. The number of hydrogen-bond acceptors (Lipinski definition) is 2. The molecule has 0 spiro atoms. The van der Waals surface area contributed by atoms with Gasteiger partial charge in [-0.3, -0.25) is 4.79 Å². The highest BCUT2D eigenvalue weighted by Gasteiger charge is 2.31. The second-order valence-electron chi connectivity index (χ2n) is 4.87. The van der Waals surface area contributed by atoms with Gasteiger partial charge in [0.2, 0.25) is 0 Å². The minimum atomic E-state index is -4.72. The molecule has 1 fully saturated rings. The van der Waals surface area contributed by atoms with E-state index >= 15 is 0 Å². The quantitative estimate of drug-likeness (QED) is 0.758. The smallest absolute Gasteiger partial charge is 0.406 e. The van der Waals surface area contributed by atoms with Gasteiger partial charge in [-0.15, -0.1) is 13.2 Å². The zero-order chi connectivity index (χ0) is 15.5. The Balaban J connectivity index is 2.08. The van der Waals surface area contributed by atoms with E-state index in [1.807, 2.05) is 0 Å². The second-order valence-corrected chi connectivity index (χ2v) is 5.52. The van der Waals surface area contributed by atoms with Gasteiger partial charge >= 0.3 is 6.36 Å². The van der Waals surface area contributed by atoms with Gasteiger partial charge in [-0.1, -0.05) is 15.9 Å². The molecule has 1 unspecified atom stereocenters. The van der Waals surface area contributed by atoms with E-state index in [4.69, 9.17) is 0 Å². The molecule has 1 saturated heterocycles. The first-order valence-corrected chi connectivity index (χ1v) is 7.75. The van der Waals surface area contributed by atoms with Crippen LogP contribution in [0.2, 0.25) is 0 Å². The summed E-state index contributed by atoms with van der Waals surface area (Å²) in [5.74, 6) is -0.479. The van der Waals surface area contributed by atoms with E-state index in [9.17, 15) is 18.0 Å². The Morgan fingerprint density at radius 3 is 2.52 bits per heavy atom. The van der Waals surface area contributed by atoms with Crippen molar-refractivity contribution in [3.63, 3.8) is 0 Å². The van der Waals surface area contributed by atoms with Crippen molar-refractivity contribution in [2.45, 2.75) is 31.7 Å². The monoisotopic (exact) mass is 365 g/mol. The highest BCUT2D eigenvalue weighted by Crippen LogP contribution is 2.25. The fraction of sp³-hybridized carbons (Fsp3) is 0.500. The van der Waals surface area contributed by atoms with Crippen LogP contribution in [0.25, 0.3) is 0 Å². The predicted molar refractivity (Wildman–Crippen MR) is 75.6 cm³/mol. The largest absolute Gasteiger partial charge is 0.573 e. The third kappa shape index (κ3) is 4.36. The Morgan fingerprint density at radius 2 is 1.95 bits per heavy atom. The average Bonchev–Trinajstić information content (AvgIpc) is 2.45. The predicted octanol–water partition coefficient (Wildman–Crippen LogP) is 3.97. The van der Waals surface area contributed by atoms with Crippen LogP contribution >= 0.6 is 15.9 Å². The van der Waals surface area contributed by atoms with Gasteiger partial charge in [0.25, 0.3) is 5.91 Å². The van der Waals surface area contributed by atoms with Crippen molar-refractivity contribution in [2.24, 2.45) is 0 Å². The molecule has 1 heterocycles. The molecular weight excluding hydrogens is 351 g/mol. The summed E-state index contributed by atoms with van der Waals surface area (Å²) in [5, 5.41) is 0.702. The summed E-state index contributed by atoms with van der Waals surface area (Å²) in [7, 11) is 0. The SMILES string of the molecule is O=C(c1ccc(OC(F)(F)F)cc1)N1CCCCC1CBr. The van der Waals surface area contributed by atoms with E-state index in [-0.39, 0.29) is 17.7 Å². The molecular formula is C14H15BrF3NO2. The normalized spacial score (nSPS) is 19.4. The Labute approximate surface area is 129 Å². The van der Waals surface area contributed by atoms with Crippen molar-refractivity contribution < 1.29 is 22.7 Å². The lowest BCUT2D eigenvalue weighted by atomic mass is 10.0. The Bertz CT molecular complexity index is 490. The van der Waals surface area contributed by atoms with Crippen molar-refractivity contribution in [3.05, 3.63) is 29.8 Å². The first kappa shape index (κ1) is 16.1. The van der Waals surface area contributed by atoms with Gasteiger partial charge < -0.3 is 9.64 Å². The van der Waals surface area contributed by atoms with Crippen LogP contribution in [0.1, 0.15) is 29.6 Å². The molecule has 1 aromatic carbocycles. The topological polar surface area (TPSA) is 29.5 Å². The van der Waals surface area contributed by atoms with E-state index in [0.29, 0.717) is 17.4 Å². The van der Waals surface area contributed by atoms with Gasteiger partial charge in [-0.2, -0.15) is 0 Å². The molecule has 1 amide bonds. The van der Waals surface area contributed by atoms with Crippen LogP contribution in [-0.2, 0) is 0 Å². The van der Waals surface area contributed by atoms with E-state index in [0.717, 1.165) is 31.4 Å². The van der Waals surface area contributed by atoms with Gasteiger partial charge in [0, 0.05) is 23.5 Å². The average molecular weight is 366 g/mol. The molecule has 0 radical (unpaired) electrons. The molecule has 0 N–H and O–H groups in total. The molecule has 0 bridgehead atoms. The molecule has 7 heteroatoms. The Morgan fingerprint density at radius 1 is 1.29 bits per heavy atom.